The third-order valence-corrected chi connectivity index (χ3v) is 12.1. The van der Waals surface area contributed by atoms with Gasteiger partial charge < -0.3 is 24.8 Å². The average molecular weight is 815 g/mol. The Bertz CT molecular complexity index is 2540. The summed E-state index contributed by atoms with van der Waals surface area (Å²) in [4.78, 5) is 43.2. The van der Waals surface area contributed by atoms with Gasteiger partial charge in [0.15, 0.2) is 5.82 Å². The summed E-state index contributed by atoms with van der Waals surface area (Å²) >= 11 is 0. The van der Waals surface area contributed by atoms with Crippen molar-refractivity contribution in [1.82, 2.24) is 25.0 Å². The van der Waals surface area contributed by atoms with Crippen LogP contribution in [0, 0.1) is 11.6 Å². The quantitative estimate of drug-likeness (QED) is 0.0975. The van der Waals surface area contributed by atoms with E-state index in [4.69, 9.17) is 4.74 Å². The highest BCUT2D eigenvalue weighted by molar-refractivity contribution is 6.11. The van der Waals surface area contributed by atoms with Crippen LogP contribution in [0.25, 0.3) is 21.8 Å². The van der Waals surface area contributed by atoms with Crippen molar-refractivity contribution >= 4 is 56.7 Å². The van der Waals surface area contributed by atoms with Gasteiger partial charge in [-0.2, -0.15) is 5.10 Å². The fourth-order valence-corrected chi connectivity index (χ4v) is 8.91. The molecule has 4 aromatic carbocycles. The number of anilines is 3. The molecule has 3 fully saturated rings. The molecule has 0 bridgehead atoms. The maximum absolute atomic E-state index is 14.0. The SMILES string of the molecule is O=C1CCC(n2ccc3c(CCCN4CCN(c5ccc(C(=O)Nc6n[nH]c7ccc(Cc8cc(F)cc(F)c8)cc67)c(NC6CCOCC6)c5)CC4)cccc32)C(=O)N1. The number of ether oxygens (including phenoxy) is 1. The lowest BCUT2D eigenvalue weighted by Gasteiger charge is -2.36. The summed E-state index contributed by atoms with van der Waals surface area (Å²) in [6.07, 6.45) is 6.75. The number of hydrogen-bond donors (Lipinski definition) is 4. The number of halogens is 2. The molecule has 3 aliphatic rings. The van der Waals surface area contributed by atoms with Crippen molar-refractivity contribution < 1.29 is 27.9 Å². The van der Waals surface area contributed by atoms with E-state index in [9.17, 15) is 23.2 Å². The molecule has 3 aliphatic heterocycles. The molecule has 0 saturated carbocycles. The Balaban J connectivity index is 0.845. The third kappa shape index (κ3) is 8.61. The number of hydrogen-bond acceptors (Lipinski definition) is 8. The Labute approximate surface area is 346 Å². The largest absolute Gasteiger partial charge is 0.381 e. The summed E-state index contributed by atoms with van der Waals surface area (Å²) in [6, 6.07) is 23.2. The van der Waals surface area contributed by atoms with Gasteiger partial charge in [0.1, 0.15) is 17.7 Å². The second-order valence-electron chi connectivity index (χ2n) is 16.1. The molecule has 60 heavy (non-hydrogen) atoms. The van der Waals surface area contributed by atoms with Gasteiger partial charge in [0.25, 0.3) is 5.91 Å². The van der Waals surface area contributed by atoms with Crippen molar-refractivity contribution in [3.05, 3.63) is 119 Å². The molecule has 14 heteroatoms. The molecular weight excluding hydrogens is 767 g/mol. The minimum atomic E-state index is -0.624. The van der Waals surface area contributed by atoms with Gasteiger partial charge in [-0.15, -0.1) is 0 Å². The molecular formula is C46H48F2N8O4. The number of piperidine rings is 1. The van der Waals surface area contributed by atoms with E-state index in [0.717, 1.165) is 97.8 Å². The molecule has 1 unspecified atom stereocenters. The van der Waals surface area contributed by atoms with E-state index < -0.39 is 11.6 Å². The molecule has 0 radical (unpaired) electrons. The van der Waals surface area contributed by atoms with Crippen molar-refractivity contribution in [3.63, 3.8) is 0 Å². The number of aryl methyl sites for hydroxylation is 1. The Hall–Kier alpha value is -6.12. The van der Waals surface area contributed by atoms with E-state index >= 15 is 0 Å². The van der Waals surface area contributed by atoms with E-state index in [-0.39, 0.29) is 29.8 Å². The van der Waals surface area contributed by atoms with Crippen molar-refractivity contribution in [3.8, 4) is 0 Å². The van der Waals surface area contributed by atoms with E-state index in [2.05, 4.69) is 60.2 Å². The van der Waals surface area contributed by atoms with Crippen molar-refractivity contribution in [2.75, 3.05) is 61.5 Å². The summed E-state index contributed by atoms with van der Waals surface area (Å²) in [6.45, 7) is 5.85. The zero-order valence-electron chi connectivity index (χ0n) is 33.3. The van der Waals surface area contributed by atoms with Crippen LogP contribution in [0.3, 0.4) is 0 Å². The van der Waals surface area contributed by atoms with Crippen molar-refractivity contribution in [2.24, 2.45) is 0 Å². The molecule has 3 saturated heterocycles. The summed E-state index contributed by atoms with van der Waals surface area (Å²) in [5.74, 6) is -1.62. The molecule has 9 rings (SSSR count). The standard InChI is InChI=1S/C46H48F2N8O4/c47-32-24-30(25-33(48)27-32)23-29-6-9-39-38(26-29)44(53-52-39)51-45(58)37-8-7-35(28-40(37)49-34-13-21-60-22-14-34)55-19-17-54(18-20-55)15-2-4-31-3-1-5-41-36(31)12-16-56(41)42-10-11-43(57)50-46(42)59/h1,3,5-9,12,16,24-28,34,42,49H,2,4,10-11,13-15,17-23H2,(H,50,57,59)(H2,51,52,53,58). The smallest absolute Gasteiger partial charge is 0.258 e. The van der Waals surface area contributed by atoms with E-state index in [1.807, 2.05) is 47.2 Å². The first-order chi connectivity index (χ1) is 29.2. The highest BCUT2D eigenvalue weighted by Crippen LogP contribution is 2.31. The van der Waals surface area contributed by atoms with Gasteiger partial charge in [-0.3, -0.25) is 29.7 Å². The second-order valence-corrected chi connectivity index (χ2v) is 16.1. The second kappa shape index (κ2) is 17.2. The molecule has 0 spiro atoms. The number of carbonyl (C=O) groups excluding carboxylic acids is 3. The number of nitrogens with one attached hydrogen (secondary N) is 4. The number of carbonyl (C=O) groups is 3. The number of fused-ring (bicyclic) bond motifs is 2. The van der Waals surface area contributed by atoms with Gasteiger partial charge in [-0.25, -0.2) is 8.78 Å². The monoisotopic (exact) mass is 814 g/mol. The summed E-state index contributed by atoms with van der Waals surface area (Å²) in [7, 11) is 0. The Morgan fingerprint density at radius 2 is 1.68 bits per heavy atom. The zero-order valence-corrected chi connectivity index (χ0v) is 33.3. The lowest BCUT2D eigenvalue weighted by Crippen LogP contribution is -2.46. The first-order valence-electron chi connectivity index (χ1n) is 20.9. The molecule has 1 atom stereocenters. The van der Waals surface area contributed by atoms with E-state index in [0.29, 0.717) is 54.8 Å². The number of H-pyrrole nitrogens is 1. The number of amides is 3. The van der Waals surface area contributed by atoms with Crippen molar-refractivity contribution in [1.29, 1.82) is 0 Å². The van der Waals surface area contributed by atoms with Crippen LogP contribution in [0.4, 0.5) is 26.0 Å². The molecule has 0 aliphatic carbocycles. The van der Waals surface area contributed by atoms with Crippen molar-refractivity contribution in [2.45, 2.75) is 57.0 Å². The Kier molecular flexibility index (Phi) is 11.3. The molecule has 4 N–H and O–H groups in total. The number of piperazine rings is 1. The lowest BCUT2D eigenvalue weighted by molar-refractivity contribution is -0.135. The summed E-state index contributed by atoms with van der Waals surface area (Å²) in [5, 5.41) is 18.4. The number of benzene rings is 4. The average Bonchev–Trinajstić information content (AvgIpc) is 3.85. The molecule has 310 valence electrons. The normalized spacial score (nSPS) is 18.0. The predicted octanol–water partition coefficient (Wildman–Crippen LogP) is 6.96. The number of rotatable bonds is 12. The lowest BCUT2D eigenvalue weighted by atomic mass is 10.0. The van der Waals surface area contributed by atoms with Gasteiger partial charge in [0.2, 0.25) is 11.8 Å². The highest BCUT2D eigenvalue weighted by Gasteiger charge is 2.29. The van der Waals surface area contributed by atoms with Gasteiger partial charge in [0, 0.05) is 91.8 Å². The molecule has 5 heterocycles. The van der Waals surface area contributed by atoms with E-state index in [1.165, 1.54) is 17.7 Å². The zero-order chi connectivity index (χ0) is 41.2. The highest BCUT2D eigenvalue weighted by atomic mass is 19.1. The molecule has 12 nitrogen and oxygen atoms in total. The van der Waals surface area contributed by atoms with Crippen LogP contribution in [-0.4, -0.2) is 89.4 Å². The van der Waals surface area contributed by atoms with Gasteiger partial charge in [0.05, 0.1) is 11.1 Å². The number of aromatic amines is 1. The van der Waals surface area contributed by atoms with Gasteiger partial charge >= 0.3 is 0 Å². The van der Waals surface area contributed by atoms with Crippen LogP contribution in [0.1, 0.15) is 65.2 Å². The first kappa shape index (κ1) is 39.3. The van der Waals surface area contributed by atoms with E-state index in [1.54, 1.807) is 0 Å². The minimum Gasteiger partial charge on any atom is -0.381 e. The number of nitrogens with zero attached hydrogens (tertiary/aromatic N) is 4. The maximum atomic E-state index is 14.0. The topological polar surface area (TPSA) is 137 Å². The first-order valence-corrected chi connectivity index (χ1v) is 20.9. The van der Waals surface area contributed by atoms with Crippen LogP contribution >= 0.6 is 0 Å². The van der Waals surface area contributed by atoms with Crippen LogP contribution in [-0.2, 0) is 27.2 Å². The van der Waals surface area contributed by atoms with Gasteiger partial charge in [-0.05, 0) is 116 Å². The fourth-order valence-electron chi connectivity index (χ4n) is 8.91. The third-order valence-electron chi connectivity index (χ3n) is 12.1. The van der Waals surface area contributed by atoms with Gasteiger partial charge in [-0.1, -0.05) is 18.2 Å². The predicted molar refractivity (Wildman–Crippen MR) is 227 cm³/mol. The summed E-state index contributed by atoms with van der Waals surface area (Å²) in [5.41, 5.74) is 6.67. The van der Waals surface area contributed by atoms with Crippen LogP contribution in [0.5, 0.6) is 0 Å². The molecule has 6 aromatic rings. The fraction of sp³-hybridized carbons (Fsp3) is 0.348. The summed E-state index contributed by atoms with van der Waals surface area (Å²) < 4.78 is 35.4. The van der Waals surface area contributed by atoms with Crippen LogP contribution < -0.4 is 20.9 Å². The van der Waals surface area contributed by atoms with Crippen LogP contribution in [0.15, 0.2) is 85.1 Å². The Morgan fingerprint density at radius 3 is 2.48 bits per heavy atom. The maximum Gasteiger partial charge on any atom is 0.258 e. The number of imide groups is 1. The Morgan fingerprint density at radius 1 is 0.867 bits per heavy atom. The van der Waals surface area contributed by atoms with Crippen LogP contribution in [0.2, 0.25) is 0 Å². The molecule has 3 amide bonds. The minimum absolute atomic E-state index is 0.167. The molecule has 2 aromatic heterocycles. The number of aromatic nitrogens is 3.